The minimum Gasteiger partial charge on any atom is -0.432 e. The van der Waals surface area contributed by atoms with Crippen molar-refractivity contribution in [3.8, 4) is 0 Å². The van der Waals surface area contributed by atoms with Crippen LogP contribution in [0.15, 0.2) is 47.4 Å². The van der Waals surface area contributed by atoms with Crippen LogP contribution in [-0.2, 0) is 42.1 Å². The number of ether oxygens (including phenoxy) is 4. The second-order valence-electron chi connectivity index (χ2n) is 15.7. The zero-order valence-corrected chi connectivity index (χ0v) is 36.3. The molecule has 3 amide bonds. The van der Waals surface area contributed by atoms with E-state index in [4.69, 9.17) is 34.6 Å². The van der Waals surface area contributed by atoms with E-state index in [0.29, 0.717) is 47.8 Å². The largest absolute Gasteiger partial charge is 0.510 e. The summed E-state index contributed by atoms with van der Waals surface area (Å²) in [7, 11) is -4.90. The van der Waals surface area contributed by atoms with Crippen LogP contribution in [0.4, 0.5) is 14.0 Å². The van der Waals surface area contributed by atoms with Crippen LogP contribution in [0.1, 0.15) is 98.8 Å². The summed E-state index contributed by atoms with van der Waals surface area (Å²) >= 11 is 1.08. The SMILES string of the molecule is [C-]#[N+][C@H]1CN(C(=O)[C@@H]2CC[C@@H]3CCCC[C@H](NC(=O)c4cc5cc([C@@H](F)P(=O)(OCOC(=O)OC(C)C)OCOC(=O)OC(C)C)ccc5s4)C(=O)N32)C[C@@H]1c1cc[nH]c(=O)c1. The van der Waals surface area contributed by atoms with Crippen molar-refractivity contribution in [3.63, 3.8) is 0 Å². The quantitative estimate of drug-likeness (QED) is 0.0741. The Kier molecular flexibility index (Phi) is 15.1. The molecule has 6 atom stereocenters. The second kappa shape index (κ2) is 20.2. The number of nitrogens with zero attached hydrogens (tertiary/aromatic N) is 3. The maximum Gasteiger partial charge on any atom is 0.510 e. The maximum absolute atomic E-state index is 16.2. The van der Waals surface area contributed by atoms with Crippen LogP contribution >= 0.6 is 18.9 Å². The number of benzene rings is 1. The topological polar surface area (TPSA) is 214 Å². The van der Waals surface area contributed by atoms with E-state index in [1.165, 1.54) is 36.5 Å². The number of amides is 3. The molecule has 0 unspecified atom stereocenters. The van der Waals surface area contributed by atoms with Crippen molar-refractivity contribution in [2.45, 2.75) is 114 Å². The molecule has 3 aromatic rings. The third-order valence-corrected chi connectivity index (χ3v) is 13.6. The third kappa shape index (κ3) is 11.0. The lowest BCUT2D eigenvalue weighted by atomic mass is 9.96. The van der Waals surface area contributed by atoms with E-state index < -0.39 is 75.6 Å². The standard InChI is InChI=1S/C41H49FN5O13PS/c1-23(2)59-40(52)55-21-57-61(54,58-22-56-41(53)60-24(3)4)36(42)26-10-13-33-27(16-26)17-34(62-33)37(49)45-30-9-7-6-8-28-11-12-32(47(28)38(30)50)39(51)46-19-29(31(20-46)43-5)25-14-15-44-35(48)18-25/h10,13-18,23-24,28-32,36H,6-9,11-12,19-22H2,1-4H3,(H,44,48)(H,45,49)/t28-,29+,30-,31-,32-,36-/m0/s1. The van der Waals surface area contributed by atoms with Gasteiger partial charge in [-0.15, -0.1) is 11.3 Å². The van der Waals surface area contributed by atoms with E-state index in [9.17, 15) is 33.3 Å². The van der Waals surface area contributed by atoms with Crippen LogP contribution < -0.4 is 10.9 Å². The molecular formula is C41H49FN5O13PS. The molecule has 0 saturated carbocycles. The van der Waals surface area contributed by atoms with Gasteiger partial charge in [0.15, 0.2) is 0 Å². The first kappa shape index (κ1) is 46.2. The average Bonchev–Trinajstić information content (AvgIpc) is 3.97. The Hall–Kier alpha value is -5.35. The monoisotopic (exact) mass is 901 g/mol. The lowest BCUT2D eigenvalue weighted by Gasteiger charge is -2.36. The van der Waals surface area contributed by atoms with Gasteiger partial charge in [-0.25, -0.2) is 20.6 Å². The highest BCUT2D eigenvalue weighted by molar-refractivity contribution is 7.54. The van der Waals surface area contributed by atoms with Gasteiger partial charge in [-0.3, -0.25) is 32.8 Å². The van der Waals surface area contributed by atoms with Gasteiger partial charge in [-0.05, 0) is 94.2 Å². The molecule has 0 radical (unpaired) electrons. The molecule has 3 fully saturated rings. The summed E-state index contributed by atoms with van der Waals surface area (Å²) in [5.74, 6) is -4.03. The smallest absolute Gasteiger partial charge is 0.432 e. The van der Waals surface area contributed by atoms with Crippen LogP contribution in [0.5, 0.6) is 0 Å². The first-order valence-corrected chi connectivity index (χ1v) is 22.7. The number of thiophene rings is 1. The number of fused-ring (bicyclic) bond motifs is 2. The van der Waals surface area contributed by atoms with Crippen LogP contribution in [-0.4, -0.2) is 108 Å². The van der Waals surface area contributed by atoms with E-state index >= 15 is 4.39 Å². The Morgan fingerprint density at radius 3 is 2.26 bits per heavy atom. The van der Waals surface area contributed by atoms with Crippen molar-refractivity contribution in [2.24, 2.45) is 0 Å². The lowest BCUT2D eigenvalue weighted by molar-refractivity contribution is -0.146. The molecule has 3 saturated heterocycles. The van der Waals surface area contributed by atoms with Gasteiger partial charge in [-0.2, -0.15) is 0 Å². The molecule has 2 N–H and O–H groups in total. The number of rotatable bonds is 14. The van der Waals surface area contributed by atoms with Crippen LogP contribution in [0.2, 0.25) is 0 Å². The number of hydrogen-bond acceptors (Lipinski definition) is 14. The van der Waals surface area contributed by atoms with Gasteiger partial charge in [0.25, 0.3) is 5.91 Å². The molecule has 3 aliphatic rings. The molecule has 0 aliphatic carbocycles. The Labute approximate surface area is 360 Å². The molecule has 2 aromatic heterocycles. The lowest BCUT2D eigenvalue weighted by Crippen LogP contribution is -2.56. The minimum atomic E-state index is -4.90. The molecule has 18 nitrogen and oxygen atoms in total. The summed E-state index contributed by atoms with van der Waals surface area (Å²) in [5.41, 5.74) is 0.174. The Balaban J connectivity index is 1.15. The molecule has 0 bridgehead atoms. The molecule has 5 heterocycles. The Morgan fingerprint density at radius 2 is 1.61 bits per heavy atom. The fraction of sp³-hybridized carbons (Fsp3) is 0.537. The number of nitrogens with one attached hydrogen (secondary N) is 2. The number of hydrogen-bond donors (Lipinski definition) is 2. The number of aromatic amines is 1. The molecule has 334 valence electrons. The molecule has 3 aliphatic heterocycles. The third-order valence-electron chi connectivity index (χ3n) is 10.7. The van der Waals surface area contributed by atoms with Crippen molar-refractivity contribution in [1.82, 2.24) is 20.1 Å². The number of carbonyl (C=O) groups excluding carboxylic acids is 5. The van der Waals surface area contributed by atoms with Gasteiger partial charge in [0.05, 0.1) is 29.5 Å². The zero-order chi connectivity index (χ0) is 44.7. The van der Waals surface area contributed by atoms with E-state index in [0.717, 1.165) is 17.8 Å². The average molecular weight is 902 g/mol. The van der Waals surface area contributed by atoms with Crippen molar-refractivity contribution in [2.75, 3.05) is 26.7 Å². The summed E-state index contributed by atoms with van der Waals surface area (Å²) in [6, 6.07) is 6.35. The number of aromatic nitrogens is 1. The van der Waals surface area contributed by atoms with E-state index in [1.807, 2.05) is 0 Å². The highest BCUT2D eigenvalue weighted by Crippen LogP contribution is 2.62. The highest BCUT2D eigenvalue weighted by Gasteiger charge is 2.49. The van der Waals surface area contributed by atoms with Crippen LogP contribution in [0, 0.1) is 6.57 Å². The van der Waals surface area contributed by atoms with Crippen LogP contribution in [0.3, 0.4) is 0 Å². The second-order valence-corrected chi connectivity index (χ2v) is 18.9. The zero-order valence-electron chi connectivity index (χ0n) is 34.6. The minimum absolute atomic E-state index is 0.171. The van der Waals surface area contributed by atoms with Crippen molar-refractivity contribution in [3.05, 3.63) is 80.4 Å². The number of likely N-dealkylation sites (tertiary alicyclic amines) is 1. The summed E-state index contributed by atoms with van der Waals surface area (Å²) < 4.78 is 59.9. The molecular weight excluding hydrogens is 853 g/mol. The predicted molar refractivity (Wildman–Crippen MR) is 221 cm³/mol. The molecule has 6 rings (SSSR count). The number of H-pyrrole nitrogens is 1. The highest BCUT2D eigenvalue weighted by atomic mass is 32.1. The summed E-state index contributed by atoms with van der Waals surface area (Å²) in [6.07, 6.45) is 1.64. The molecule has 1 aromatic carbocycles. The maximum atomic E-state index is 16.2. The number of halogens is 1. The van der Waals surface area contributed by atoms with Gasteiger partial charge >= 0.3 is 19.9 Å². The van der Waals surface area contributed by atoms with Gasteiger partial charge in [0, 0.05) is 29.5 Å². The van der Waals surface area contributed by atoms with Gasteiger partial charge in [-0.1, -0.05) is 18.9 Å². The van der Waals surface area contributed by atoms with Crippen LogP contribution in [0.25, 0.3) is 14.9 Å². The molecule has 0 spiro atoms. The van der Waals surface area contributed by atoms with Crippen molar-refractivity contribution >= 4 is 59.1 Å². The Morgan fingerprint density at radius 1 is 0.935 bits per heavy atom. The Bertz CT molecular complexity index is 2270. The summed E-state index contributed by atoms with van der Waals surface area (Å²) in [5, 5.41) is 3.26. The molecule has 21 heteroatoms. The van der Waals surface area contributed by atoms with E-state index in [2.05, 4.69) is 15.1 Å². The number of alkyl halides is 1. The fourth-order valence-corrected chi connectivity index (χ4v) is 10.1. The van der Waals surface area contributed by atoms with Gasteiger partial charge < -0.3 is 43.9 Å². The predicted octanol–water partition coefficient (Wildman–Crippen LogP) is 6.77. The van der Waals surface area contributed by atoms with E-state index in [-0.39, 0.29) is 52.9 Å². The van der Waals surface area contributed by atoms with Crippen molar-refractivity contribution in [1.29, 1.82) is 0 Å². The molecule has 62 heavy (non-hydrogen) atoms. The first-order chi connectivity index (χ1) is 29.6. The van der Waals surface area contributed by atoms with Crippen molar-refractivity contribution < 1.29 is 60.9 Å². The van der Waals surface area contributed by atoms with Gasteiger partial charge in [0.1, 0.15) is 12.1 Å². The van der Waals surface area contributed by atoms with E-state index in [1.54, 1.807) is 43.6 Å². The number of pyridine rings is 1. The summed E-state index contributed by atoms with van der Waals surface area (Å²) in [4.78, 5) is 87.8. The fourth-order valence-electron chi connectivity index (χ4n) is 7.89. The number of carbonyl (C=O) groups is 5. The summed E-state index contributed by atoms with van der Waals surface area (Å²) in [6.45, 7) is 12.4. The van der Waals surface area contributed by atoms with Gasteiger partial charge in [0.2, 0.25) is 42.9 Å². The normalized spacial score (nSPS) is 22.1. The first-order valence-electron chi connectivity index (χ1n) is 20.3.